The molecule has 0 saturated heterocycles. The zero-order valence-electron chi connectivity index (χ0n) is 16.5. The summed E-state index contributed by atoms with van der Waals surface area (Å²) >= 11 is 0. The largest absolute Gasteiger partial charge is 0.490 e. The number of imidazole rings is 1. The van der Waals surface area contributed by atoms with E-state index in [0.717, 1.165) is 45.2 Å². The highest BCUT2D eigenvalue weighted by atomic mass is 19.4. The van der Waals surface area contributed by atoms with Gasteiger partial charge in [0.1, 0.15) is 5.82 Å². The predicted octanol–water partition coefficient (Wildman–Crippen LogP) is 3.06. The van der Waals surface area contributed by atoms with Gasteiger partial charge in [-0.15, -0.1) is 0 Å². The Kier molecular flexibility index (Phi) is 8.38. The standard InChI is InChI=1S/C18H22N4O.C2HF3O2/c1-2-23-14-17-11-21(13-18-20-6-7-22(18)12-17)10-16-5-3-4-15(8-16)9-19;3-2(4,5)1(6)7/h3-8,17H,2,10-14H2,1H3;(H,6,7). The summed E-state index contributed by atoms with van der Waals surface area (Å²) in [5.41, 5.74) is 1.88. The molecule has 10 heteroatoms. The first kappa shape index (κ1) is 23.4. The Balaban J connectivity index is 0.000000396. The molecule has 0 bridgehead atoms. The maximum absolute atomic E-state index is 10.6. The molecule has 0 saturated carbocycles. The van der Waals surface area contributed by atoms with E-state index >= 15 is 0 Å². The molecule has 3 rings (SSSR count). The topological polar surface area (TPSA) is 91.4 Å². The molecule has 1 unspecified atom stereocenters. The first-order valence-electron chi connectivity index (χ1n) is 9.32. The maximum Gasteiger partial charge on any atom is 0.490 e. The van der Waals surface area contributed by atoms with Crippen LogP contribution in [0.1, 0.15) is 23.9 Å². The van der Waals surface area contributed by atoms with E-state index in [4.69, 9.17) is 19.9 Å². The Labute approximate surface area is 172 Å². The summed E-state index contributed by atoms with van der Waals surface area (Å²) in [7, 11) is 0. The maximum atomic E-state index is 10.6. The summed E-state index contributed by atoms with van der Waals surface area (Å²) in [6.45, 7) is 7.12. The van der Waals surface area contributed by atoms with Gasteiger partial charge >= 0.3 is 12.1 Å². The third-order valence-electron chi connectivity index (χ3n) is 4.40. The summed E-state index contributed by atoms with van der Waals surface area (Å²) in [5.74, 6) is -1.21. The smallest absolute Gasteiger partial charge is 0.475 e. The molecule has 30 heavy (non-hydrogen) atoms. The van der Waals surface area contributed by atoms with Gasteiger partial charge in [-0.2, -0.15) is 18.4 Å². The van der Waals surface area contributed by atoms with Crippen molar-refractivity contribution in [1.82, 2.24) is 14.5 Å². The van der Waals surface area contributed by atoms with Crippen LogP contribution in [0, 0.1) is 17.2 Å². The minimum absolute atomic E-state index is 0.449. The fourth-order valence-corrected chi connectivity index (χ4v) is 3.13. The van der Waals surface area contributed by atoms with Crippen molar-refractivity contribution in [3.05, 3.63) is 53.6 Å². The molecule has 0 spiro atoms. The molecule has 0 aliphatic carbocycles. The molecule has 0 radical (unpaired) electrons. The molecule has 1 aliphatic heterocycles. The molecule has 1 aromatic heterocycles. The molecular formula is C20H23F3N4O3. The number of aromatic nitrogens is 2. The zero-order valence-corrected chi connectivity index (χ0v) is 16.5. The number of carbonyl (C=O) groups is 1. The van der Waals surface area contributed by atoms with Crippen LogP contribution in [0.4, 0.5) is 13.2 Å². The van der Waals surface area contributed by atoms with Crippen molar-refractivity contribution >= 4 is 5.97 Å². The lowest BCUT2D eigenvalue weighted by molar-refractivity contribution is -0.192. The van der Waals surface area contributed by atoms with Crippen molar-refractivity contribution in [3.63, 3.8) is 0 Å². The van der Waals surface area contributed by atoms with Crippen molar-refractivity contribution in [1.29, 1.82) is 5.26 Å². The number of fused-ring (bicyclic) bond motifs is 1. The number of hydrogen-bond acceptors (Lipinski definition) is 5. The Hall–Kier alpha value is -2.90. The highest BCUT2D eigenvalue weighted by Crippen LogP contribution is 2.18. The monoisotopic (exact) mass is 424 g/mol. The number of rotatable bonds is 5. The van der Waals surface area contributed by atoms with Crippen LogP contribution in [0.3, 0.4) is 0 Å². The SMILES string of the molecule is CCOCC1CN(Cc2cccc(C#N)c2)Cc2nccn2C1.O=C(O)C(F)(F)F. The van der Waals surface area contributed by atoms with Gasteiger partial charge < -0.3 is 14.4 Å². The van der Waals surface area contributed by atoms with Gasteiger partial charge in [-0.05, 0) is 24.6 Å². The quantitative estimate of drug-likeness (QED) is 0.793. The number of benzene rings is 1. The lowest BCUT2D eigenvalue weighted by atomic mass is 10.1. The molecule has 162 valence electrons. The van der Waals surface area contributed by atoms with Gasteiger partial charge in [-0.25, -0.2) is 9.78 Å². The van der Waals surface area contributed by atoms with Crippen molar-refractivity contribution in [3.8, 4) is 6.07 Å². The molecule has 2 aromatic rings. The first-order valence-corrected chi connectivity index (χ1v) is 9.32. The summed E-state index contributed by atoms with van der Waals surface area (Å²) < 4.78 is 39.6. The van der Waals surface area contributed by atoms with E-state index in [-0.39, 0.29) is 0 Å². The molecule has 1 N–H and O–H groups in total. The van der Waals surface area contributed by atoms with Gasteiger partial charge in [0.2, 0.25) is 0 Å². The number of ether oxygens (including phenoxy) is 1. The van der Waals surface area contributed by atoms with Crippen LogP contribution in [0.5, 0.6) is 0 Å². The summed E-state index contributed by atoms with van der Waals surface area (Å²) in [5, 5.41) is 16.2. The van der Waals surface area contributed by atoms with Gasteiger partial charge in [0.05, 0.1) is 24.8 Å². The van der Waals surface area contributed by atoms with E-state index in [9.17, 15) is 13.2 Å². The lowest BCUT2D eigenvalue weighted by Crippen LogP contribution is -2.30. The Morgan fingerprint density at radius 3 is 2.77 bits per heavy atom. The van der Waals surface area contributed by atoms with Crippen LogP contribution in [-0.4, -0.2) is 51.5 Å². The molecule has 1 aromatic carbocycles. The minimum atomic E-state index is -5.08. The second kappa shape index (κ2) is 10.8. The van der Waals surface area contributed by atoms with Gasteiger partial charge in [0.15, 0.2) is 0 Å². The van der Waals surface area contributed by atoms with Crippen molar-refractivity contribution in [2.45, 2.75) is 32.7 Å². The third-order valence-corrected chi connectivity index (χ3v) is 4.40. The number of aliphatic carboxylic acids is 1. The van der Waals surface area contributed by atoms with E-state index in [0.29, 0.717) is 11.5 Å². The van der Waals surface area contributed by atoms with Crippen molar-refractivity contribution < 1.29 is 27.8 Å². The first-order chi connectivity index (χ1) is 14.2. The van der Waals surface area contributed by atoms with Gasteiger partial charge in [-0.3, -0.25) is 4.90 Å². The molecule has 0 fully saturated rings. The van der Waals surface area contributed by atoms with Gasteiger partial charge in [-0.1, -0.05) is 12.1 Å². The summed E-state index contributed by atoms with van der Waals surface area (Å²) in [6.07, 6.45) is -1.17. The van der Waals surface area contributed by atoms with Gasteiger partial charge in [0.25, 0.3) is 0 Å². The fraction of sp³-hybridized carbons (Fsp3) is 0.450. The number of halogens is 3. The van der Waals surface area contributed by atoms with Crippen LogP contribution in [-0.2, 0) is 29.2 Å². The number of carboxylic acids is 1. The molecule has 1 aliphatic rings. The van der Waals surface area contributed by atoms with Crippen molar-refractivity contribution in [2.24, 2.45) is 5.92 Å². The van der Waals surface area contributed by atoms with Crippen LogP contribution in [0.15, 0.2) is 36.7 Å². The number of hydrogen-bond donors (Lipinski definition) is 1. The van der Waals surface area contributed by atoms with Crippen molar-refractivity contribution in [2.75, 3.05) is 19.8 Å². The van der Waals surface area contributed by atoms with Crippen LogP contribution in [0.25, 0.3) is 0 Å². The fourth-order valence-electron chi connectivity index (χ4n) is 3.13. The van der Waals surface area contributed by atoms with E-state index in [1.165, 1.54) is 5.56 Å². The minimum Gasteiger partial charge on any atom is -0.475 e. The number of carboxylic acid groups (broad SMARTS) is 1. The van der Waals surface area contributed by atoms with E-state index in [1.54, 1.807) is 0 Å². The summed E-state index contributed by atoms with van der Waals surface area (Å²) in [4.78, 5) is 15.8. The number of nitrogens with zero attached hydrogens (tertiary/aromatic N) is 4. The third kappa shape index (κ3) is 7.17. The van der Waals surface area contributed by atoms with E-state index in [2.05, 4.69) is 26.6 Å². The van der Waals surface area contributed by atoms with E-state index < -0.39 is 12.1 Å². The zero-order chi connectivity index (χ0) is 22.1. The second-order valence-corrected chi connectivity index (χ2v) is 6.81. The van der Waals surface area contributed by atoms with E-state index in [1.807, 2.05) is 37.5 Å². The Morgan fingerprint density at radius 2 is 2.13 bits per heavy atom. The predicted molar refractivity (Wildman–Crippen MR) is 101 cm³/mol. The molecule has 2 heterocycles. The molecule has 0 amide bonds. The van der Waals surface area contributed by atoms with Gasteiger partial charge in [0, 0.05) is 44.6 Å². The van der Waals surface area contributed by atoms with Crippen LogP contribution in [0.2, 0.25) is 0 Å². The molecular weight excluding hydrogens is 401 g/mol. The second-order valence-electron chi connectivity index (χ2n) is 6.81. The molecule has 1 atom stereocenters. The average molecular weight is 424 g/mol. The highest BCUT2D eigenvalue weighted by Gasteiger charge is 2.38. The van der Waals surface area contributed by atoms with Crippen LogP contribution >= 0.6 is 0 Å². The lowest BCUT2D eigenvalue weighted by Gasteiger charge is -2.23. The highest BCUT2D eigenvalue weighted by molar-refractivity contribution is 5.73. The number of alkyl halides is 3. The summed E-state index contributed by atoms with van der Waals surface area (Å²) in [6, 6.07) is 10.0. The normalized spacial score (nSPS) is 16.6. The Bertz CT molecular complexity index is 877. The molecule has 7 nitrogen and oxygen atoms in total. The average Bonchev–Trinajstić information content (AvgIpc) is 3.05. The van der Waals surface area contributed by atoms with Crippen LogP contribution < -0.4 is 0 Å². The number of nitriles is 1. The Morgan fingerprint density at radius 1 is 1.40 bits per heavy atom.